The van der Waals surface area contributed by atoms with Gasteiger partial charge in [-0.15, -0.1) is 0 Å². The Morgan fingerprint density at radius 3 is 2.43 bits per heavy atom. The molecule has 0 aliphatic rings. The maximum absolute atomic E-state index is 13.7. The highest BCUT2D eigenvalue weighted by molar-refractivity contribution is 5.87. The molecule has 2 aromatic rings. The van der Waals surface area contributed by atoms with E-state index >= 15 is 0 Å². The van der Waals surface area contributed by atoms with Gasteiger partial charge in [0.15, 0.2) is 11.4 Å². The fourth-order valence-corrected chi connectivity index (χ4v) is 2.50. The lowest BCUT2D eigenvalue weighted by molar-refractivity contribution is -0.138. The Morgan fingerprint density at radius 2 is 1.93 bits per heavy atom. The molecule has 0 radical (unpaired) electrons. The first-order valence-corrected chi connectivity index (χ1v) is 8.29. The van der Waals surface area contributed by atoms with Gasteiger partial charge in [-0.05, 0) is 27.7 Å². The second-order valence-electron chi connectivity index (χ2n) is 6.98. The number of nitrogens with one attached hydrogen (secondary N) is 1. The van der Waals surface area contributed by atoms with Gasteiger partial charge in [0.25, 0.3) is 0 Å². The van der Waals surface area contributed by atoms with E-state index < -0.39 is 29.0 Å². The van der Waals surface area contributed by atoms with E-state index in [0.29, 0.717) is 0 Å². The summed E-state index contributed by atoms with van der Waals surface area (Å²) in [4.78, 5) is 15.2. The number of hydrogen-bond acceptors (Lipinski definition) is 6. The second-order valence-corrected chi connectivity index (χ2v) is 6.98. The fourth-order valence-electron chi connectivity index (χ4n) is 2.50. The molecule has 0 aliphatic heterocycles. The molecule has 28 heavy (non-hydrogen) atoms. The average Bonchev–Trinajstić information content (AvgIpc) is 2.89. The number of halogens is 3. The van der Waals surface area contributed by atoms with Gasteiger partial charge in [-0.2, -0.15) is 18.3 Å². The first-order valence-electron chi connectivity index (χ1n) is 8.29. The molecule has 0 fully saturated rings. The number of rotatable bonds is 6. The third kappa shape index (κ3) is 4.35. The summed E-state index contributed by atoms with van der Waals surface area (Å²) >= 11 is 0. The van der Waals surface area contributed by atoms with Crippen LogP contribution in [0.15, 0.2) is 12.4 Å². The molecule has 11 heteroatoms. The van der Waals surface area contributed by atoms with E-state index in [0.717, 1.165) is 12.4 Å². The number of anilines is 1. The number of alkyl halides is 3. The predicted molar refractivity (Wildman–Crippen MR) is 93.8 cm³/mol. The SMILES string of the molecule is Cc1c(C(=O)O)nn(C(C)(C)C)c1Oc1cncc(NCCO)c1C(F)(F)F. The zero-order valence-electron chi connectivity index (χ0n) is 15.8. The number of carboxylic acid groups (broad SMARTS) is 1. The monoisotopic (exact) mass is 402 g/mol. The van der Waals surface area contributed by atoms with Crippen LogP contribution < -0.4 is 10.1 Å². The fraction of sp³-hybridized carbons (Fsp3) is 0.471. The highest BCUT2D eigenvalue weighted by Gasteiger charge is 2.39. The van der Waals surface area contributed by atoms with Crippen LogP contribution in [0.2, 0.25) is 0 Å². The number of ether oxygens (including phenoxy) is 1. The van der Waals surface area contributed by atoms with Gasteiger partial charge in [0, 0.05) is 12.1 Å². The van der Waals surface area contributed by atoms with Crippen molar-refractivity contribution >= 4 is 11.7 Å². The summed E-state index contributed by atoms with van der Waals surface area (Å²) in [6, 6.07) is 0. The van der Waals surface area contributed by atoms with E-state index in [9.17, 15) is 23.1 Å². The summed E-state index contributed by atoms with van der Waals surface area (Å²) in [7, 11) is 0. The molecule has 2 heterocycles. The van der Waals surface area contributed by atoms with Gasteiger partial charge in [-0.3, -0.25) is 4.98 Å². The minimum Gasteiger partial charge on any atom is -0.476 e. The Kier molecular flexibility index (Phi) is 5.88. The highest BCUT2D eigenvalue weighted by Crippen LogP contribution is 2.43. The molecule has 8 nitrogen and oxygen atoms in total. The van der Waals surface area contributed by atoms with Crippen LogP contribution in [-0.4, -0.2) is 44.1 Å². The minimum absolute atomic E-state index is 0.0873. The maximum Gasteiger partial charge on any atom is 0.422 e. The second kappa shape index (κ2) is 7.66. The molecule has 2 rings (SSSR count). The van der Waals surface area contributed by atoms with E-state index in [1.54, 1.807) is 20.8 Å². The molecular weight excluding hydrogens is 381 g/mol. The van der Waals surface area contributed by atoms with Crippen LogP contribution in [0, 0.1) is 6.92 Å². The summed E-state index contributed by atoms with van der Waals surface area (Å²) in [6.45, 7) is 6.04. The smallest absolute Gasteiger partial charge is 0.422 e. The normalized spacial score (nSPS) is 12.1. The molecule has 0 atom stereocenters. The molecule has 154 valence electrons. The number of carbonyl (C=O) groups is 1. The first kappa shape index (κ1) is 21.5. The first-order chi connectivity index (χ1) is 12.9. The summed E-state index contributed by atoms with van der Waals surface area (Å²) in [5, 5.41) is 24.6. The van der Waals surface area contributed by atoms with E-state index in [2.05, 4.69) is 15.4 Å². The van der Waals surface area contributed by atoms with Crippen molar-refractivity contribution in [2.24, 2.45) is 0 Å². The molecule has 0 unspecified atom stereocenters. The van der Waals surface area contributed by atoms with Crippen LogP contribution >= 0.6 is 0 Å². The molecule has 0 aliphatic carbocycles. The standard InChI is InChI=1S/C17H21F3N4O4/c1-9-13(15(26)27)23-24(16(2,3)4)14(9)28-11-8-21-7-10(22-5-6-25)12(11)17(18,19)20/h7-8,22,25H,5-6H2,1-4H3,(H,26,27). The highest BCUT2D eigenvalue weighted by atomic mass is 19.4. The molecule has 3 N–H and O–H groups in total. The van der Waals surface area contributed by atoms with Crippen molar-refractivity contribution in [3.05, 3.63) is 29.2 Å². The van der Waals surface area contributed by atoms with Gasteiger partial charge >= 0.3 is 12.1 Å². The molecule has 0 amide bonds. The third-order valence-electron chi connectivity index (χ3n) is 3.73. The van der Waals surface area contributed by atoms with Crippen LogP contribution in [0.3, 0.4) is 0 Å². The molecule has 0 saturated heterocycles. The number of pyridine rings is 1. The molecule has 2 aromatic heterocycles. The van der Waals surface area contributed by atoms with Gasteiger partial charge in [0.2, 0.25) is 5.88 Å². The van der Waals surface area contributed by atoms with Crippen LogP contribution in [0.5, 0.6) is 11.6 Å². The van der Waals surface area contributed by atoms with Crippen molar-refractivity contribution in [3.8, 4) is 11.6 Å². The Labute approximate surface area is 159 Å². The van der Waals surface area contributed by atoms with Crippen molar-refractivity contribution in [2.75, 3.05) is 18.5 Å². The maximum atomic E-state index is 13.7. The molecule has 0 aromatic carbocycles. The van der Waals surface area contributed by atoms with Crippen molar-refractivity contribution in [3.63, 3.8) is 0 Å². The lowest BCUT2D eigenvalue weighted by Crippen LogP contribution is -2.24. The van der Waals surface area contributed by atoms with Gasteiger partial charge in [0.05, 0.1) is 30.2 Å². The topological polar surface area (TPSA) is 110 Å². The van der Waals surface area contributed by atoms with Crippen LogP contribution in [0.25, 0.3) is 0 Å². The summed E-state index contributed by atoms with van der Waals surface area (Å²) < 4.78 is 47.8. The van der Waals surface area contributed by atoms with E-state index in [1.165, 1.54) is 11.6 Å². The van der Waals surface area contributed by atoms with Gasteiger partial charge < -0.3 is 20.3 Å². The Balaban J connectivity index is 2.64. The lowest BCUT2D eigenvalue weighted by Gasteiger charge is -2.23. The number of nitrogens with zero attached hydrogens (tertiary/aromatic N) is 3. The number of aliphatic hydroxyl groups is 1. The molecule has 0 saturated carbocycles. The molecule has 0 bridgehead atoms. The lowest BCUT2D eigenvalue weighted by atomic mass is 10.1. The number of carboxylic acids is 1. The Hall–Kier alpha value is -2.82. The Bertz CT molecular complexity index is 873. The van der Waals surface area contributed by atoms with Crippen LogP contribution in [-0.2, 0) is 11.7 Å². The number of aliphatic hydroxyl groups excluding tert-OH is 1. The van der Waals surface area contributed by atoms with Crippen molar-refractivity contribution in [1.29, 1.82) is 0 Å². The van der Waals surface area contributed by atoms with Crippen molar-refractivity contribution in [2.45, 2.75) is 39.4 Å². The van der Waals surface area contributed by atoms with E-state index in [1.807, 2.05) is 0 Å². The average molecular weight is 402 g/mol. The van der Waals surface area contributed by atoms with Gasteiger partial charge in [-0.1, -0.05) is 0 Å². The van der Waals surface area contributed by atoms with Crippen molar-refractivity contribution < 1.29 is 32.9 Å². The summed E-state index contributed by atoms with van der Waals surface area (Å²) in [5.41, 5.74) is -2.47. The van der Waals surface area contributed by atoms with E-state index in [-0.39, 0.29) is 36.0 Å². The van der Waals surface area contributed by atoms with Crippen LogP contribution in [0.1, 0.15) is 42.4 Å². The van der Waals surface area contributed by atoms with E-state index in [4.69, 9.17) is 9.84 Å². The predicted octanol–water partition coefficient (Wildman–Crippen LogP) is 3.26. The Morgan fingerprint density at radius 1 is 1.29 bits per heavy atom. The third-order valence-corrected chi connectivity index (χ3v) is 3.73. The van der Waals surface area contributed by atoms with Crippen LogP contribution in [0.4, 0.5) is 18.9 Å². The van der Waals surface area contributed by atoms with Gasteiger partial charge in [0.1, 0.15) is 5.56 Å². The number of aromatic carboxylic acids is 1. The van der Waals surface area contributed by atoms with Crippen molar-refractivity contribution in [1.82, 2.24) is 14.8 Å². The van der Waals surface area contributed by atoms with Gasteiger partial charge in [-0.25, -0.2) is 9.48 Å². The largest absolute Gasteiger partial charge is 0.476 e. The quantitative estimate of drug-likeness (QED) is 0.680. The zero-order chi connectivity index (χ0) is 21.3. The molecule has 0 spiro atoms. The summed E-state index contributed by atoms with van der Waals surface area (Å²) in [5.74, 6) is -2.06. The number of aromatic nitrogens is 3. The molecular formula is C17H21F3N4O4. The minimum atomic E-state index is -4.79. The summed E-state index contributed by atoms with van der Waals surface area (Å²) in [6.07, 6.45) is -2.92. The zero-order valence-corrected chi connectivity index (χ0v) is 15.8. The number of hydrogen-bond donors (Lipinski definition) is 3.